The molecule has 0 aliphatic heterocycles. The maximum atomic E-state index is 11.8. The average Bonchev–Trinajstić information content (AvgIpc) is 2.83. The van der Waals surface area contributed by atoms with Gasteiger partial charge in [0.1, 0.15) is 0 Å². The Morgan fingerprint density at radius 1 is 1.30 bits per heavy atom. The minimum Gasteiger partial charge on any atom is -0.461 e. The number of esters is 1. The Balaban J connectivity index is 2.69. The molecule has 0 bridgehead atoms. The zero-order valence-corrected chi connectivity index (χ0v) is 12.6. The van der Waals surface area contributed by atoms with Gasteiger partial charge in [-0.25, -0.2) is 9.48 Å². The molecule has 0 aromatic carbocycles. The van der Waals surface area contributed by atoms with Crippen molar-refractivity contribution < 1.29 is 19.0 Å². The Morgan fingerprint density at radius 3 is 2.65 bits per heavy atom. The van der Waals surface area contributed by atoms with Crippen molar-refractivity contribution in [2.24, 2.45) is 0 Å². The van der Waals surface area contributed by atoms with E-state index in [0.717, 1.165) is 5.69 Å². The number of methoxy groups -OCH3 is 1. The van der Waals surface area contributed by atoms with E-state index in [-0.39, 0.29) is 5.92 Å². The predicted molar refractivity (Wildman–Crippen MR) is 72.8 cm³/mol. The van der Waals surface area contributed by atoms with Gasteiger partial charge in [-0.3, -0.25) is 0 Å². The lowest BCUT2D eigenvalue weighted by Crippen LogP contribution is -2.15. The smallest absolute Gasteiger partial charge is 0.360 e. The predicted octanol–water partition coefficient (Wildman–Crippen LogP) is 1.24. The molecule has 1 heterocycles. The molecular weight excluding hydrogens is 262 g/mol. The molecule has 0 N–H and O–H groups in total. The highest BCUT2D eigenvalue weighted by atomic mass is 16.5. The third-order valence-electron chi connectivity index (χ3n) is 2.67. The van der Waals surface area contributed by atoms with Gasteiger partial charge in [0.15, 0.2) is 5.69 Å². The largest absolute Gasteiger partial charge is 0.461 e. The molecule has 0 fully saturated rings. The van der Waals surface area contributed by atoms with Crippen molar-refractivity contribution in [2.75, 3.05) is 33.5 Å². The third kappa shape index (κ3) is 4.57. The normalized spacial score (nSPS) is 11.1. The van der Waals surface area contributed by atoms with Crippen molar-refractivity contribution in [3.05, 3.63) is 11.4 Å². The van der Waals surface area contributed by atoms with Crippen LogP contribution in [0.3, 0.4) is 0 Å². The average molecular weight is 285 g/mol. The van der Waals surface area contributed by atoms with E-state index in [0.29, 0.717) is 38.7 Å². The second-order valence-electron chi connectivity index (χ2n) is 4.53. The standard InChI is InChI=1S/C13H23N3O4/c1-5-20-13(17)11-12(10(2)3)16(15-14-11)6-7-19-9-8-18-4/h10H,5-9H2,1-4H3. The van der Waals surface area contributed by atoms with Crippen LogP contribution < -0.4 is 0 Å². The molecule has 0 saturated carbocycles. The van der Waals surface area contributed by atoms with Crippen molar-refractivity contribution in [1.82, 2.24) is 15.0 Å². The summed E-state index contributed by atoms with van der Waals surface area (Å²) in [6.07, 6.45) is 0. The maximum Gasteiger partial charge on any atom is 0.360 e. The number of rotatable bonds is 9. The molecule has 0 amide bonds. The molecular formula is C13H23N3O4. The van der Waals surface area contributed by atoms with Gasteiger partial charge < -0.3 is 14.2 Å². The molecule has 0 radical (unpaired) electrons. The van der Waals surface area contributed by atoms with Crippen LogP contribution in [0.15, 0.2) is 0 Å². The fourth-order valence-corrected chi connectivity index (χ4v) is 1.80. The van der Waals surface area contributed by atoms with Crippen molar-refractivity contribution >= 4 is 5.97 Å². The van der Waals surface area contributed by atoms with Crippen molar-refractivity contribution in [1.29, 1.82) is 0 Å². The van der Waals surface area contributed by atoms with E-state index in [1.54, 1.807) is 18.7 Å². The first kappa shape index (κ1) is 16.6. The topological polar surface area (TPSA) is 75.5 Å². The molecule has 1 aromatic rings. The van der Waals surface area contributed by atoms with E-state index in [9.17, 15) is 4.79 Å². The summed E-state index contributed by atoms with van der Waals surface area (Å²) >= 11 is 0. The zero-order chi connectivity index (χ0) is 15.0. The van der Waals surface area contributed by atoms with Gasteiger partial charge in [-0.05, 0) is 12.8 Å². The molecule has 0 aliphatic carbocycles. The molecule has 0 spiro atoms. The van der Waals surface area contributed by atoms with Gasteiger partial charge in [0.2, 0.25) is 0 Å². The van der Waals surface area contributed by atoms with E-state index in [1.165, 1.54) is 0 Å². The zero-order valence-electron chi connectivity index (χ0n) is 12.6. The summed E-state index contributed by atoms with van der Waals surface area (Å²) < 4.78 is 17.0. The van der Waals surface area contributed by atoms with E-state index in [2.05, 4.69) is 10.3 Å². The first-order chi connectivity index (χ1) is 9.61. The van der Waals surface area contributed by atoms with Gasteiger partial charge >= 0.3 is 5.97 Å². The fraction of sp³-hybridized carbons (Fsp3) is 0.769. The van der Waals surface area contributed by atoms with Crippen molar-refractivity contribution in [3.63, 3.8) is 0 Å². The molecule has 0 saturated heterocycles. The summed E-state index contributed by atoms with van der Waals surface area (Å²) in [4.78, 5) is 11.8. The SMILES string of the molecule is CCOC(=O)c1nnn(CCOCCOC)c1C(C)C. The molecule has 20 heavy (non-hydrogen) atoms. The summed E-state index contributed by atoms with van der Waals surface area (Å²) in [6, 6.07) is 0. The number of hydrogen-bond acceptors (Lipinski definition) is 6. The van der Waals surface area contributed by atoms with Gasteiger partial charge in [-0.1, -0.05) is 19.1 Å². The molecule has 114 valence electrons. The summed E-state index contributed by atoms with van der Waals surface area (Å²) in [7, 11) is 1.63. The Hall–Kier alpha value is -1.47. The van der Waals surface area contributed by atoms with Crippen LogP contribution in [-0.2, 0) is 20.8 Å². The number of ether oxygens (including phenoxy) is 3. The molecule has 1 aromatic heterocycles. The minimum atomic E-state index is -0.428. The van der Waals surface area contributed by atoms with Gasteiger partial charge in [-0.2, -0.15) is 0 Å². The van der Waals surface area contributed by atoms with Gasteiger partial charge in [0.25, 0.3) is 0 Å². The van der Waals surface area contributed by atoms with E-state index < -0.39 is 5.97 Å². The number of carbonyl (C=O) groups is 1. The van der Waals surface area contributed by atoms with Crippen molar-refractivity contribution in [2.45, 2.75) is 33.2 Å². The van der Waals surface area contributed by atoms with Crippen molar-refractivity contribution in [3.8, 4) is 0 Å². The van der Waals surface area contributed by atoms with Gasteiger partial charge in [0.05, 0.1) is 38.7 Å². The monoisotopic (exact) mass is 285 g/mol. The fourth-order valence-electron chi connectivity index (χ4n) is 1.80. The lowest BCUT2D eigenvalue weighted by Gasteiger charge is -2.11. The van der Waals surface area contributed by atoms with Crippen LogP contribution in [-0.4, -0.2) is 54.5 Å². The van der Waals surface area contributed by atoms with E-state index in [4.69, 9.17) is 14.2 Å². The summed E-state index contributed by atoms with van der Waals surface area (Å²) in [5.74, 6) is -0.300. The van der Waals surface area contributed by atoms with Crippen LogP contribution in [0.25, 0.3) is 0 Å². The second kappa shape index (κ2) is 8.65. The lowest BCUT2D eigenvalue weighted by molar-refractivity contribution is 0.0517. The summed E-state index contributed by atoms with van der Waals surface area (Å²) in [6.45, 7) is 8.20. The van der Waals surface area contributed by atoms with Crippen LogP contribution in [0.1, 0.15) is 42.9 Å². The third-order valence-corrected chi connectivity index (χ3v) is 2.67. The number of nitrogens with zero attached hydrogens (tertiary/aromatic N) is 3. The molecule has 7 nitrogen and oxygen atoms in total. The first-order valence-corrected chi connectivity index (χ1v) is 6.79. The van der Waals surface area contributed by atoms with E-state index in [1.807, 2.05) is 13.8 Å². The highest BCUT2D eigenvalue weighted by Gasteiger charge is 2.22. The Labute approximate surface area is 119 Å². The van der Waals surface area contributed by atoms with Crippen LogP contribution in [0.2, 0.25) is 0 Å². The van der Waals surface area contributed by atoms with Crippen LogP contribution in [0.5, 0.6) is 0 Å². The molecule has 7 heteroatoms. The number of hydrogen-bond donors (Lipinski definition) is 0. The summed E-state index contributed by atoms with van der Waals surface area (Å²) in [5, 5.41) is 7.94. The molecule has 0 unspecified atom stereocenters. The lowest BCUT2D eigenvalue weighted by atomic mass is 10.1. The quantitative estimate of drug-likeness (QED) is 0.502. The highest BCUT2D eigenvalue weighted by Crippen LogP contribution is 2.18. The van der Waals surface area contributed by atoms with Crippen LogP contribution in [0, 0.1) is 0 Å². The summed E-state index contributed by atoms with van der Waals surface area (Å²) in [5.41, 5.74) is 1.07. The molecule has 0 aliphatic rings. The maximum absolute atomic E-state index is 11.8. The van der Waals surface area contributed by atoms with Gasteiger partial charge in [-0.15, -0.1) is 5.10 Å². The Bertz CT molecular complexity index is 418. The highest BCUT2D eigenvalue weighted by molar-refractivity contribution is 5.88. The Kier molecular flexibility index (Phi) is 7.17. The van der Waals surface area contributed by atoms with Gasteiger partial charge in [0, 0.05) is 7.11 Å². The Morgan fingerprint density at radius 2 is 2.05 bits per heavy atom. The number of carbonyl (C=O) groups excluding carboxylic acids is 1. The number of aromatic nitrogens is 3. The molecule has 1 rings (SSSR count). The van der Waals surface area contributed by atoms with Crippen LogP contribution in [0.4, 0.5) is 0 Å². The van der Waals surface area contributed by atoms with Crippen LogP contribution >= 0.6 is 0 Å². The molecule has 0 atom stereocenters. The second-order valence-corrected chi connectivity index (χ2v) is 4.53. The van der Waals surface area contributed by atoms with E-state index >= 15 is 0 Å². The minimum absolute atomic E-state index is 0.128. The first-order valence-electron chi connectivity index (χ1n) is 6.79.